The van der Waals surface area contributed by atoms with Gasteiger partial charge in [-0.1, -0.05) is 42.5 Å². The average Bonchev–Trinajstić information content (AvgIpc) is 2.89. The number of hydrogen-bond donors (Lipinski definition) is 2. The molecule has 0 aromatic heterocycles. The molecule has 0 spiro atoms. The van der Waals surface area contributed by atoms with Crippen LogP contribution in [0.1, 0.15) is 10.4 Å². The second-order valence-corrected chi connectivity index (χ2v) is 9.65. The van der Waals surface area contributed by atoms with Gasteiger partial charge in [0, 0.05) is 24.3 Å². The maximum absolute atomic E-state index is 12.7. The van der Waals surface area contributed by atoms with Crippen LogP contribution in [0.4, 0.5) is 5.69 Å². The molecule has 3 aromatic carbocycles. The number of ether oxygens (including phenoxy) is 1. The first kappa shape index (κ1) is 23.6. The monoisotopic (exact) mass is 479 g/mol. The summed E-state index contributed by atoms with van der Waals surface area (Å²) in [5, 5.41) is 5.25. The van der Waals surface area contributed by atoms with Gasteiger partial charge in [0.25, 0.3) is 5.91 Å². The number of benzene rings is 3. The number of carbonyl (C=O) groups excluding carboxylic acids is 2. The van der Waals surface area contributed by atoms with Crippen LogP contribution in [0.25, 0.3) is 11.1 Å². The number of rotatable bonds is 7. The van der Waals surface area contributed by atoms with Crippen molar-refractivity contribution < 1.29 is 22.7 Å². The Morgan fingerprint density at radius 1 is 0.824 bits per heavy atom. The lowest BCUT2D eigenvalue weighted by Gasteiger charge is -2.26. The van der Waals surface area contributed by atoms with Gasteiger partial charge in [-0.3, -0.25) is 9.59 Å². The number of hydrogen-bond acceptors (Lipinski definition) is 5. The van der Waals surface area contributed by atoms with Gasteiger partial charge in [0.05, 0.1) is 24.7 Å². The molecule has 176 valence electrons. The molecule has 1 saturated heterocycles. The fraction of sp³-hybridized carbons (Fsp3) is 0.200. The van der Waals surface area contributed by atoms with Crippen molar-refractivity contribution in [2.24, 2.45) is 0 Å². The van der Waals surface area contributed by atoms with E-state index in [2.05, 4.69) is 10.6 Å². The summed E-state index contributed by atoms with van der Waals surface area (Å²) >= 11 is 0. The number of carbonyl (C=O) groups is 2. The summed E-state index contributed by atoms with van der Waals surface area (Å²) in [7, 11) is -3.60. The summed E-state index contributed by atoms with van der Waals surface area (Å²) in [6.45, 7) is 1.16. The highest BCUT2D eigenvalue weighted by molar-refractivity contribution is 7.89. The van der Waals surface area contributed by atoms with Crippen molar-refractivity contribution in [2.75, 3.05) is 38.2 Å². The number of anilines is 1. The molecule has 1 fully saturated rings. The largest absolute Gasteiger partial charge is 0.379 e. The fourth-order valence-electron chi connectivity index (χ4n) is 3.56. The second-order valence-electron chi connectivity index (χ2n) is 7.72. The van der Waals surface area contributed by atoms with Crippen LogP contribution in [0.5, 0.6) is 0 Å². The molecule has 3 aromatic rings. The molecular weight excluding hydrogens is 454 g/mol. The van der Waals surface area contributed by atoms with Crippen LogP contribution in [0.2, 0.25) is 0 Å². The van der Waals surface area contributed by atoms with Crippen LogP contribution < -0.4 is 10.6 Å². The molecule has 8 nitrogen and oxygen atoms in total. The summed E-state index contributed by atoms with van der Waals surface area (Å²) in [5.41, 5.74) is 2.93. The van der Waals surface area contributed by atoms with Crippen LogP contribution in [-0.4, -0.2) is 57.4 Å². The predicted octanol–water partition coefficient (Wildman–Crippen LogP) is 2.74. The summed E-state index contributed by atoms with van der Waals surface area (Å²) in [6, 6.07) is 22.9. The molecule has 2 amide bonds. The first-order chi connectivity index (χ1) is 16.4. The van der Waals surface area contributed by atoms with Crippen molar-refractivity contribution in [2.45, 2.75) is 4.90 Å². The van der Waals surface area contributed by atoms with E-state index in [1.807, 2.05) is 42.5 Å². The lowest BCUT2D eigenvalue weighted by Crippen LogP contribution is -2.40. The van der Waals surface area contributed by atoms with Crippen molar-refractivity contribution in [1.29, 1.82) is 0 Å². The SMILES string of the molecule is O=C(CNC(=O)c1ccc(-c2ccccc2)cc1)Nc1ccc(S(=O)(=O)N2CCOCC2)cc1. The van der Waals surface area contributed by atoms with E-state index in [4.69, 9.17) is 4.74 Å². The van der Waals surface area contributed by atoms with Gasteiger partial charge in [0.1, 0.15) is 0 Å². The van der Waals surface area contributed by atoms with E-state index in [1.54, 1.807) is 12.1 Å². The lowest BCUT2D eigenvalue weighted by atomic mass is 10.0. The lowest BCUT2D eigenvalue weighted by molar-refractivity contribution is -0.115. The van der Waals surface area contributed by atoms with Crippen LogP contribution in [0.3, 0.4) is 0 Å². The Bertz CT molecular complexity index is 1240. The topological polar surface area (TPSA) is 105 Å². The number of sulfonamides is 1. The van der Waals surface area contributed by atoms with Crippen LogP contribution in [0, 0.1) is 0 Å². The fourth-order valence-corrected chi connectivity index (χ4v) is 4.97. The number of morpholine rings is 1. The molecule has 0 saturated carbocycles. The van der Waals surface area contributed by atoms with Crippen molar-refractivity contribution in [3.63, 3.8) is 0 Å². The van der Waals surface area contributed by atoms with Crippen LogP contribution in [-0.2, 0) is 19.6 Å². The van der Waals surface area contributed by atoms with Gasteiger partial charge in [0.2, 0.25) is 15.9 Å². The van der Waals surface area contributed by atoms with Crippen molar-refractivity contribution >= 4 is 27.5 Å². The Kier molecular flexibility index (Phi) is 7.36. The molecule has 34 heavy (non-hydrogen) atoms. The molecule has 1 aliphatic rings. The van der Waals surface area contributed by atoms with E-state index in [9.17, 15) is 18.0 Å². The molecule has 0 aliphatic carbocycles. The highest BCUT2D eigenvalue weighted by Crippen LogP contribution is 2.20. The molecule has 2 N–H and O–H groups in total. The van der Waals surface area contributed by atoms with E-state index in [-0.39, 0.29) is 17.3 Å². The molecule has 1 aliphatic heterocycles. The third-order valence-corrected chi connectivity index (χ3v) is 7.32. The zero-order chi connectivity index (χ0) is 24.0. The summed E-state index contributed by atoms with van der Waals surface area (Å²) in [4.78, 5) is 24.8. The Labute approximate surface area is 198 Å². The number of amides is 2. The van der Waals surface area contributed by atoms with E-state index < -0.39 is 15.9 Å². The normalized spacial score (nSPS) is 14.4. The Morgan fingerprint density at radius 2 is 1.44 bits per heavy atom. The molecule has 4 rings (SSSR count). The zero-order valence-corrected chi connectivity index (χ0v) is 19.3. The van der Waals surface area contributed by atoms with Gasteiger partial charge in [-0.15, -0.1) is 0 Å². The molecule has 0 radical (unpaired) electrons. The molecular formula is C25H25N3O5S. The molecule has 0 bridgehead atoms. The summed E-state index contributed by atoms with van der Waals surface area (Å²) < 4.78 is 31.9. The maximum Gasteiger partial charge on any atom is 0.251 e. The molecule has 0 unspecified atom stereocenters. The minimum absolute atomic E-state index is 0.152. The first-order valence-electron chi connectivity index (χ1n) is 10.8. The molecule has 1 heterocycles. The van der Waals surface area contributed by atoms with Gasteiger partial charge < -0.3 is 15.4 Å². The van der Waals surface area contributed by atoms with Gasteiger partial charge in [-0.25, -0.2) is 8.42 Å². The average molecular weight is 480 g/mol. The zero-order valence-electron chi connectivity index (χ0n) is 18.4. The van der Waals surface area contributed by atoms with E-state index in [0.29, 0.717) is 37.6 Å². The summed E-state index contributed by atoms with van der Waals surface area (Å²) in [6.07, 6.45) is 0. The second kappa shape index (κ2) is 10.6. The van der Waals surface area contributed by atoms with E-state index in [0.717, 1.165) is 11.1 Å². The van der Waals surface area contributed by atoms with Crippen LogP contribution in [0.15, 0.2) is 83.8 Å². The molecule has 9 heteroatoms. The smallest absolute Gasteiger partial charge is 0.251 e. The number of nitrogens with zero attached hydrogens (tertiary/aromatic N) is 1. The third kappa shape index (κ3) is 5.69. The maximum atomic E-state index is 12.7. The van der Waals surface area contributed by atoms with Crippen molar-refractivity contribution in [3.05, 3.63) is 84.4 Å². The van der Waals surface area contributed by atoms with E-state index in [1.165, 1.54) is 28.6 Å². The quantitative estimate of drug-likeness (QED) is 0.542. The Hall–Kier alpha value is -3.53. The van der Waals surface area contributed by atoms with Crippen LogP contribution >= 0.6 is 0 Å². The van der Waals surface area contributed by atoms with Gasteiger partial charge in [-0.05, 0) is 47.5 Å². The van der Waals surface area contributed by atoms with Gasteiger partial charge in [-0.2, -0.15) is 4.31 Å². The first-order valence-corrected chi connectivity index (χ1v) is 12.3. The van der Waals surface area contributed by atoms with Crippen molar-refractivity contribution in [1.82, 2.24) is 9.62 Å². The van der Waals surface area contributed by atoms with Gasteiger partial charge >= 0.3 is 0 Å². The Balaban J connectivity index is 1.29. The minimum atomic E-state index is -3.60. The highest BCUT2D eigenvalue weighted by Gasteiger charge is 2.26. The Morgan fingerprint density at radius 3 is 2.09 bits per heavy atom. The highest BCUT2D eigenvalue weighted by atomic mass is 32.2. The van der Waals surface area contributed by atoms with E-state index >= 15 is 0 Å². The number of nitrogens with one attached hydrogen (secondary N) is 2. The van der Waals surface area contributed by atoms with Gasteiger partial charge in [0.15, 0.2) is 0 Å². The van der Waals surface area contributed by atoms with Crippen molar-refractivity contribution in [3.8, 4) is 11.1 Å². The molecule has 0 atom stereocenters. The predicted molar refractivity (Wildman–Crippen MR) is 129 cm³/mol. The summed E-state index contributed by atoms with van der Waals surface area (Å²) in [5.74, 6) is -0.778. The standard InChI is InChI=1S/C25H25N3O5S/c29-24(18-26-25(30)21-8-6-20(7-9-21)19-4-2-1-3-5-19)27-22-10-12-23(13-11-22)34(31,32)28-14-16-33-17-15-28/h1-13H,14-18H2,(H,26,30)(H,27,29). The third-order valence-electron chi connectivity index (χ3n) is 5.41. The minimum Gasteiger partial charge on any atom is -0.379 e.